The average molecular weight is 281 g/mol. The molecule has 1 unspecified atom stereocenters. The molecule has 2 fully saturated rings. The Labute approximate surface area is 126 Å². The van der Waals surface area contributed by atoms with Crippen molar-refractivity contribution in [3.8, 4) is 0 Å². The van der Waals surface area contributed by atoms with Crippen LogP contribution in [0.4, 0.5) is 0 Å². The fourth-order valence-electron chi connectivity index (χ4n) is 3.96. The standard InChI is InChI=1S/C18H35NO/c1-2-3-4-5-6-10-14-19-17-11-15-20-18(16-17)12-8-7-9-13-18/h17,19H,2-16H2,1H3. The van der Waals surface area contributed by atoms with Gasteiger partial charge in [0.25, 0.3) is 0 Å². The summed E-state index contributed by atoms with van der Waals surface area (Å²) < 4.78 is 6.17. The monoisotopic (exact) mass is 281 g/mol. The van der Waals surface area contributed by atoms with E-state index >= 15 is 0 Å². The lowest BCUT2D eigenvalue weighted by Gasteiger charge is -2.43. The summed E-state index contributed by atoms with van der Waals surface area (Å²) in [5.41, 5.74) is 0.259. The van der Waals surface area contributed by atoms with E-state index in [-0.39, 0.29) is 5.60 Å². The van der Waals surface area contributed by atoms with Crippen LogP contribution in [0.25, 0.3) is 0 Å². The van der Waals surface area contributed by atoms with Crippen molar-refractivity contribution in [2.45, 2.75) is 102 Å². The molecule has 0 radical (unpaired) electrons. The topological polar surface area (TPSA) is 21.3 Å². The number of nitrogens with one attached hydrogen (secondary N) is 1. The largest absolute Gasteiger partial charge is 0.375 e. The van der Waals surface area contributed by atoms with Crippen molar-refractivity contribution >= 4 is 0 Å². The normalized spacial score (nSPS) is 25.9. The van der Waals surface area contributed by atoms with E-state index in [1.54, 1.807) is 0 Å². The van der Waals surface area contributed by atoms with Gasteiger partial charge in [-0.2, -0.15) is 0 Å². The lowest BCUT2D eigenvalue weighted by Crippen LogP contribution is -2.48. The highest BCUT2D eigenvalue weighted by molar-refractivity contribution is 4.91. The van der Waals surface area contributed by atoms with Crippen molar-refractivity contribution in [2.75, 3.05) is 13.2 Å². The van der Waals surface area contributed by atoms with Crippen LogP contribution in [0.1, 0.15) is 90.4 Å². The molecule has 1 aliphatic heterocycles. The van der Waals surface area contributed by atoms with Gasteiger partial charge >= 0.3 is 0 Å². The maximum Gasteiger partial charge on any atom is 0.0697 e. The summed E-state index contributed by atoms with van der Waals surface area (Å²) in [4.78, 5) is 0. The molecular weight excluding hydrogens is 246 g/mol. The minimum absolute atomic E-state index is 0.259. The molecule has 1 heterocycles. The summed E-state index contributed by atoms with van der Waals surface area (Å²) in [6.07, 6.45) is 17.7. The van der Waals surface area contributed by atoms with E-state index in [1.165, 1.54) is 90.0 Å². The molecule has 0 bridgehead atoms. The Hall–Kier alpha value is -0.0800. The first-order valence-electron chi connectivity index (χ1n) is 9.22. The van der Waals surface area contributed by atoms with Crippen molar-refractivity contribution in [1.82, 2.24) is 5.32 Å². The van der Waals surface area contributed by atoms with Gasteiger partial charge in [-0.25, -0.2) is 0 Å². The summed E-state index contributed by atoms with van der Waals surface area (Å²) >= 11 is 0. The Morgan fingerprint density at radius 1 is 1.00 bits per heavy atom. The number of hydrogen-bond acceptors (Lipinski definition) is 2. The van der Waals surface area contributed by atoms with Crippen LogP contribution in [-0.4, -0.2) is 24.8 Å². The molecule has 2 aliphatic rings. The summed E-state index contributed by atoms with van der Waals surface area (Å²) in [7, 11) is 0. The van der Waals surface area contributed by atoms with Gasteiger partial charge in [0, 0.05) is 12.6 Å². The summed E-state index contributed by atoms with van der Waals surface area (Å²) in [6.45, 7) is 4.48. The maximum absolute atomic E-state index is 6.17. The zero-order valence-electron chi connectivity index (χ0n) is 13.6. The van der Waals surface area contributed by atoms with Crippen LogP contribution in [0, 0.1) is 0 Å². The Bertz CT molecular complexity index is 242. The number of hydrogen-bond donors (Lipinski definition) is 1. The van der Waals surface area contributed by atoms with Crippen molar-refractivity contribution < 1.29 is 4.74 Å². The third-order valence-corrected chi connectivity index (χ3v) is 5.22. The fourth-order valence-corrected chi connectivity index (χ4v) is 3.96. The second kappa shape index (κ2) is 9.04. The van der Waals surface area contributed by atoms with Gasteiger partial charge < -0.3 is 10.1 Å². The average Bonchev–Trinajstić information content (AvgIpc) is 2.47. The molecule has 1 saturated carbocycles. The second-order valence-corrected chi connectivity index (χ2v) is 7.00. The van der Waals surface area contributed by atoms with Crippen molar-refractivity contribution in [3.63, 3.8) is 0 Å². The van der Waals surface area contributed by atoms with Gasteiger partial charge in [-0.05, 0) is 38.6 Å². The van der Waals surface area contributed by atoms with Gasteiger partial charge in [-0.1, -0.05) is 58.3 Å². The Balaban J connectivity index is 1.56. The van der Waals surface area contributed by atoms with Gasteiger partial charge in [0.1, 0.15) is 0 Å². The van der Waals surface area contributed by atoms with Crippen LogP contribution in [0.5, 0.6) is 0 Å². The van der Waals surface area contributed by atoms with E-state index in [0.29, 0.717) is 0 Å². The third-order valence-electron chi connectivity index (χ3n) is 5.22. The highest BCUT2D eigenvalue weighted by Crippen LogP contribution is 2.38. The molecule has 20 heavy (non-hydrogen) atoms. The van der Waals surface area contributed by atoms with Crippen LogP contribution in [0.2, 0.25) is 0 Å². The van der Waals surface area contributed by atoms with E-state index in [9.17, 15) is 0 Å². The van der Waals surface area contributed by atoms with Gasteiger partial charge in [-0.15, -0.1) is 0 Å². The fraction of sp³-hybridized carbons (Fsp3) is 1.00. The first-order chi connectivity index (χ1) is 9.85. The SMILES string of the molecule is CCCCCCCCNC1CCOC2(CCCCC2)C1. The molecule has 0 amide bonds. The van der Waals surface area contributed by atoms with E-state index in [1.807, 2.05) is 0 Å². The third kappa shape index (κ3) is 5.37. The first-order valence-corrected chi connectivity index (χ1v) is 9.22. The molecule has 2 rings (SSSR count). The predicted octanol–water partition coefficient (Wildman–Crippen LogP) is 4.82. The van der Waals surface area contributed by atoms with Crippen LogP contribution in [0.15, 0.2) is 0 Å². The molecule has 0 aromatic heterocycles. The van der Waals surface area contributed by atoms with E-state index < -0.39 is 0 Å². The molecule has 2 heteroatoms. The molecule has 1 saturated heterocycles. The zero-order valence-corrected chi connectivity index (χ0v) is 13.6. The quantitative estimate of drug-likeness (QED) is 0.644. The minimum Gasteiger partial charge on any atom is -0.375 e. The van der Waals surface area contributed by atoms with Gasteiger partial charge in [0.15, 0.2) is 0 Å². The lowest BCUT2D eigenvalue weighted by atomic mass is 9.78. The van der Waals surface area contributed by atoms with Crippen molar-refractivity contribution in [1.29, 1.82) is 0 Å². The maximum atomic E-state index is 6.17. The van der Waals surface area contributed by atoms with Crippen molar-refractivity contribution in [2.24, 2.45) is 0 Å². The van der Waals surface area contributed by atoms with Crippen LogP contribution in [0.3, 0.4) is 0 Å². The van der Waals surface area contributed by atoms with Crippen LogP contribution >= 0.6 is 0 Å². The van der Waals surface area contributed by atoms with E-state index in [0.717, 1.165) is 12.6 Å². The van der Waals surface area contributed by atoms with E-state index in [4.69, 9.17) is 4.74 Å². The molecule has 0 aromatic carbocycles. The van der Waals surface area contributed by atoms with Crippen molar-refractivity contribution in [3.05, 3.63) is 0 Å². The lowest BCUT2D eigenvalue weighted by molar-refractivity contribution is -0.109. The number of unbranched alkanes of at least 4 members (excludes halogenated alkanes) is 5. The predicted molar refractivity (Wildman–Crippen MR) is 86.2 cm³/mol. The molecule has 0 aromatic rings. The zero-order chi connectivity index (χ0) is 14.1. The molecule has 1 atom stereocenters. The van der Waals surface area contributed by atoms with Gasteiger partial charge in [-0.3, -0.25) is 0 Å². The van der Waals surface area contributed by atoms with E-state index in [2.05, 4.69) is 12.2 Å². The molecule has 118 valence electrons. The van der Waals surface area contributed by atoms with Gasteiger partial charge in [0.2, 0.25) is 0 Å². The molecule has 1 N–H and O–H groups in total. The molecule has 1 aliphatic carbocycles. The highest BCUT2D eigenvalue weighted by atomic mass is 16.5. The summed E-state index contributed by atoms with van der Waals surface area (Å²) in [5.74, 6) is 0. The minimum atomic E-state index is 0.259. The molecule has 1 spiro atoms. The second-order valence-electron chi connectivity index (χ2n) is 7.00. The first kappa shape index (κ1) is 16.3. The number of ether oxygens (including phenoxy) is 1. The molecule has 2 nitrogen and oxygen atoms in total. The van der Waals surface area contributed by atoms with Crippen LogP contribution < -0.4 is 5.32 Å². The Kier molecular flexibility index (Phi) is 7.37. The summed E-state index contributed by atoms with van der Waals surface area (Å²) in [6, 6.07) is 0.720. The molecular formula is C18H35NO. The van der Waals surface area contributed by atoms with Crippen LogP contribution in [-0.2, 0) is 4.74 Å². The Morgan fingerprint density at radius 3 is 2.55 bits per heavy atom. The number of rotatable bonds is 8. The van der Waals surface area contributed by atoms with Gasteiger partial charge in [0.05, 0.1) is 5.60 Å². The Morgan fingerprint density at radius 2 is 1.75 bits per heavy atom. The summed E-state index contributed by atoms with van der Waals surface area (Å²) in [5, 5.41) is 3.80. The smallest absolute Gasteiger partial charge is 0.0697 e. The highest BCUT2D eigenvalue weighted by Gasteiger charge is 2.38.